The standard InChI is InChI=1S/C19H17N3O5/c1-12-6-7-17-13(10-12)16(23)11-18(27-17)19(24)21-9-8-20-14-4-2-3-5-15(14)22(25)26/h2-7,10-11,20H,8-9H2,1H3,(H,21,24). The lowest BCUT2D eigenvalue weighted by Gasteiger charge is -2.08. The molecule has 0 aliphatic heterocycles. The zero-order valence-corrected chi connectivity index (χ0v) is 14.5. The molecule has 0 fully saturated rings. The SMILES string of the molecule is Cc1ccc2oc(C(=O)NCCNc3ccccc3[N+](=O)[O-])cc(=O)c2c1. The zero-order chi connectivity index (χ0) is 19.4. The first-order valence-electron chi connectivity index (χ1n) is 8.26. The predicted octanol–water partition coefficient (Wildman–Crippen LogP) is 2.85. The largest absolute Gasteiger partial charge is 0.451 e. The van der Waals surface area contributed by atoms with Gasteiger partial charge in [-0.2, -0.15) is 0 Å². The number of aryl methyl sites for hydroxylation is 1. The van der Waals surface area contributed by atoms with Crippen molar-refractivity contribution < 1.29 is 14.1 Å². The van der Waals surface area contributed by atoms with E-state index in [2.05, 4.69) is 10.6 Å². The number of hydrogen-bond donors (Lipinski definition) is 2. The highest BCUT2D eigenvalue weighted by molar-refractivity contribution is 5.93. The molecule has 0 spiro atoms. The molecule has 2 aromatic carbocycles. The average molecular weight is 367 g/mol. The molecular weight excluding hydrogens is 350 g/mol. The van der Waals surface area contributed by atoms with Gasteiger partial charge in [-0.15, -0.1) is 0 Å². The quantitative estimate of drug-likeness (QED) is 0.393. The summed E-state index contributed by atoms with van der Waals surface area (Å²) in [7, 11) is 0. The molecule has 1 amide bonds. The van der Waals surface area contributed by atoms with Gasteiger partial charge in [-0.05, 0) is 25.1 Å². The van der Waals surface area contributed by atoms with Crippen LogP contribution in [0, 0.1) is 17.0 Å². The number of rotatable bonds is 6. The third-order valence-electron chi connectivity index (χ3n) is 3.93. The van der Waals surface area contributed by atoms with Gasteiger partial charge in [0, 0.05) is 25.2 Å². The van der Waals surface area contributed by atoms with Crippen molar-refractivity contribution in [2.24, 2.45) is 0 Å². The molecule has 0 radical (unpaired) electrons. The molecule has 0 aliphatic carbocycles. The summed E-state index contributed by atoms with van der Waals surface area (Å²) < 4.78 is 5.50. The molecule has 138 valence electrons. The number of benzene rings is 2. The topological polar surface area (TPSA) is 114 Å². The van der Waals surface area contributed by atoms with Crippen molar-refractivity contribution in [3.63, 3.8) is 0 Å². The monoisotopic (exact) mass is 367 g/mol. The van der Waals surface area contributed by atoms with Gasteiger partial charge in [0.15, 0.2) is 11.2 Å². The maximum absolute atomic E-state index is 12.2. The number of para-hydroxylation sites is 2. The number of carbonyl (C=O) groups excluding carboxylic acids is 1. The maximum Gasteiger partial charge on any atom is 0.292 e. The van der Waals surface area contributed by atoms with Gasteiger partial charge in [-0.1, -0.05) is 23.8 Å². The van der Waals surface area contributed by atoms with Crippen molar-refractivity contribution in [3.05, 3.63) is 80.2 Å². The summed E-state index contributed by atoms with van der Waals surface area (Å²) in [6.45, 7) is 2.33. The Morgan fingerprint density at radius 1 is 1.15 bits per heavy atom. The predicted molar refractivity (Wildman–Crippen MR) is 101 cm³/mol. The highest BCUT2D eigenvalue weighted by Crippen LogP contribution is 2.22. The van der Waals surface area contributed by atoms with E-state index in [1.807, 2.05) is 6.92 Å². The fourth-order valence-corrected chi connectivity index (χ4v) is 2.62. The van der Waals surface area contributed by atoms with E-state index in [0.717, 1.165) is 11.6 Å². The minimum Gasteiger partial charge on any atom is -0.451 e. The summed E-state index contributed by atoms with van der Waals surface area (Å²) in [5.41, 5.74) is 1.30. The molecule has 3 rings (SSSR count). The third-order valence-corrected chi connectivity index (χ3v) is 3.93. The van der Waals surface area contributed by atoms with Crippen molar-refractivity contribution in [2.75, 3.05) is 18.4 Å². The first kappa shape index (κ1) is 18.1. The summed E-state index contributed by atoms with van der Waals surface area (Å²) in [5.74, 6) is -0.610. The van der Waals surface area contributed by atoms with E-state index in [1.165, 1.54) is 6.07 Å². The van der Waals surface area contributed by atoms with E-state index in [9.17, 15) is 19.7 Å². The molecule has 27 heavy (non-hydrogen) atoms. The van der Waals surface area contributed by atoms with E-state index >= 15 is 0 Å². The lowest BCUT2D eigenvalue weighted by atomic mass is 10.1. The molecule has 0 aliphatic rings. The van der Waals surface area contributed by atoms with Gasteiger partial charge >= 0.3 is 0 Å². The molecule has 1 aromatic heterocycles. The van der Waals surface area contributed by atoms with Crippen LogP contribution < -0.4 is 16.1 Å². The number of nitrogens with one attached hydrogen (secondary N) is 2. The van der Waals surface area contributed by atoms with Gasteiger partial charge in [0.2, 0.25) is 0 Å². The number of amides is 1. The summed E-state index contributed by atoms with van der Waals surface area (Å²) in [6, 6.07) is 12.6. The molecule has 8 heteroatoms. The Morgan fingerprint density at radius 2 is 1.93 bits per heavy atom. The van der Waals surface area contributed by atoms with Crippen molar-refractivity contribution in [1.29, 1.82) is 0 Å². The fraction of sp³-hybridized carbons (Fsp3) is 0.158. The molecule has 3 aromatic rings. The van der Waals surface area contributed by atoms with Crippen LogP contribution >= 0.6 is 0 Å². The highest BCUT2D eigenvalue weighted by Gasteiger charge is 2.13. The number of carbonyl (C=O) groups is 1. The van der Waals surface area contributed by atoms with Gasteiger partial charge in [0.1, 0.15) is 11.3 Å². The Morgan fingerprint density at radius 3 is 2.70 bits per heavy atom. The Kier molecular flexibility index (Phi) is 5.16. The van der Waals surface area contributed by atoms with Crippen molar-refractivity contribution in [3.8, 4) is 0 Å². The lowest BCUT2D eigenvalue weighted by Crippen LogP contribution is -2.29. The van der Waals surface area contributed by atoms with Gasteiger partial charge < -0.3 is 15.1 Å². The molecular formula is C19H17N3O5. The van der Waals surface area contributed by atoms with Crippen molar-refractivity contribution in [1.82, 2.24) is 5.32 Å². The second-order valence-electron chi connectivity index (χ2n) is 5.93. The molecule has 8 nitrogen and oxygen atoms in total. The van der Waals surface area contributed by atoms with Gasteiger partial charge in [-0.3, -0.25) is 19.7 Å². The number of nitrogens with zero attached hydrogens (tertiary/aromatic N) is 1. The second kappa shape index (κ2) is 7.69. The van der Waals surface area contributed by atoms with E-state index in [4.69, 9.17) is 4.42 Å². The van der Waals surface area contributed by atoms with Crippen LogP contribution in [-0.4, -0.2) is 23.9 Å². The van der Waals surface area contributed by atoms with Crippen LogP contribution in [0.25, 0.3) is 11.0 Å². The number of anilines is 1. The van der Waals surface area contributed by atoms with Crippen LogP contribution in [0.4, 0.5) is 11.4 Å². The van der Waals surface area contributed by atoms with Gasteiger partial charge in [0.05, 0.1) is 10.3 Å². The van der Waals surface area contributed by atoms with Crippen LogP contribution in [0.2, 0.25) is 0 Å². The van der Waals surface area contributed by atoms with Crippen LogP contribution in [0.5, 0.6) is 0 Å². The fourth-order valence-electron chi connectivity index (χ4n) is 2.62. The summed E-state index contributed by atoms with van der Waals surface area (Å²) in [4.78, 5) is 34.9. The van der Waals surface area contributed by atoms with Crippen LogP contribution in [0.1, 0.15) is 16.1 Å². The van der Waals surface area contributed by atoms with Crippen molar-refractivity contribution >= 4 is 28.3 Å². The summed E-state index contributed by atoms with van der Waals surface area (Å²) in [6.07, 6.45) is 0. The van der Waals surface area contributed by atoms with Crippen LogP contribution in [-0.2, 0) is 0 Å². The number of nitro benzene ring substituents is 1. The lowest BCUT2D eigenvalue weighted by molar-refractivity contribution is -0.384. The van der Waals surface area contributed by atoms with Crippen LogP contribution in [0.15, 0.2) is 57.7 Å². The van der Waals surface area contributed by atoms with E-state index in [-0.39, 0.29) is 30.0 Å². The molecule has 1 heterocycles. The van der Waals surface area contributed by atoms with E-state index in [0.29, 0.717) is 16.7 Å². The molecule has 0 saturated heterocycles. The molecule has 2 N–H and O–H groups in total. The summed E-state index contributed by atoms with van der Waals surface area (Å²) in [5, 5.41) is 16.9. The second-order valence-corrected chi connectivity index (χ2v) is 5.93. The number of fused-ring (bicyclic) bond motifs is 1. The number of hydrogen-bond acceptors (Lipinski definition) is 6. The normalized spacial score (nSPS) is 10.6. The Labute approximate surface area is 154 Å². The minimum atomic E-state index is -0.529. The highest BCUT2D eigenvalue weighted by atomic mass is 16.6. The van der Waals surface area contributed by atoms with Crippen LogP contribution in [0.3, 0.4) is 0 Å². The van der Waals surface area contributed by atoms with Crippen molar-refractivity contribution in [2.45, 2.75) is 6.92 Å². The Hall–Kier alpha value is -3.68. The third kappa shape index (κ3) is 4.12. The first-order valence-corrected chi connectivity index (χ1v) is 8.26. The molecule has 0 bridgehead atoms. The Bertz CT molecular complexity index is 1070. The minimum absolute atomic E-state index is 0.0420. The molecule has 0 saturated carbocycles. The zero-order valence-electron chi connectivity index (χ0n) is 14.5. The maximum atomic E-state index is 12.2. The number of nitro groups is 1. The van der Waals surface area contributed by atoms with Gasteiger partial charge in [0.25, 0.3) is 11.6 Å². The smallest absolute Gasteiger partial charge is 0.292 e. The van der Waals surface area contributed by atoms with E-state index in [1.54, 1.807) is 36.4 Å². The molecule has 0 unspecified atom stereocenters. The van der Waals surface area contributed by atoms with Gasteiger partial charge in [-0.25, -0.2) is 0 Å². The molecule has 0 atom stereocenters. The first-order chi connectivity index (χ1) is 13.0. The van der Waals surface area contributed by atoms with E-state index < -0.39 is 10.8 Å². The Balaban J connectivity index is 1.63. The average Bonchev–Trinajstić information content (AvgIpc) is 2.65. The summed E-state index contributed by atoms with van der Waals surface area (Å²) >= 11 is 0.